The molecule has 0 spiro atoms. The monoisotopic (exact) mass is 270 g/mol. The highest BCUT2D eigenvalue weighted by molar-refractivity contribution is 6.18. The highest BCUT2D eigenvalue weighted by Gasteiger charge is 2.31. The minimum atomic E-state index is 0.0546. The van der Waals surface area contributed by atoms with Gasteiger partial charge in [0.1, 0.15) is 5.69 Å². The molecule has 0 N–H and O–H groups in total. The molecule has 0 fully saturated rings. The molecule has 5 rings (SSSR count). The van der Waals surface area contributed by atoms with Crippen LogP contribution in [0, 0.1) is 0 Å². The summed E-state index contributed by atoms with van der Waals surface area (Å²) >= 11 is 0. The van der Waals surface area contributed by atoms with Crippen LogP contribution in [0.15, 0.2) is 60.8 Å². The first-order chi connectivity index (χ1) is 10.3. The van der Waals surface area contributed by atoms with Gasteiger partial charge in [0.2, 0.25) is 5.78 Å². The van der Waals surface area contributed by atoms with E-state index < -0.39 is 0 Å². The molecule has 98 valence electrons. The maximum absolute atomic E-state index is 12.7. The highest BCUT2D eigenvalue weighted by Crippen LogP contribution is 2.38. The van der Waals surface area contributed by atoms with Crippen molar-refractivity contribution in [3.63, 3.8) is 0 Å². The quantitative estimate of drug-likeness (QED) is 0.430. The summed E-state index contributed by atoms with van der Waals surface area (Å²) in [5.74, 6) is 0.0546. The number of para-hydroxylation sites is 2. The fraction of sp³-hybridized carbons (Fsp3) is 0. The van der Waals surface area contributed by atoms with Crippen LogP contribution in [0.5, 0.6) is 0 Å². The van der Waals surface area contributed by atoms with E-state index in [4.69, 9.17) is 0 Å². The van der Waals surface area contributed by atoms with Gasteiger partial charge in [-0.05, 0) is 24.3 Å². The molecule has 3 heteroatoms. The number of hydrogen-bond donors (Lipinski definition) is 0. The van der Waals surface area contributed by atoms with E-state index in [1.165, 1.54) is 0 Å². The Morgan fingerprint density at radius 3 is 2.62 bits per heavy atom. The minimum absolute atomic E-state index is 0.0546. The standard InChI is InChI=1S/C18H10N2O/c21-18-13-6-2-4-8-15(13)20-10-9-12-11-5-1-3-7-14(11)19-16(12)17(18)20/h1-10H. The molecule has 0 aromatic heterocycles. The first kappa shape index (κ1) is 10.8. The molecule has 3 heterocycles. The summed E-state index contributed by atoms with van der Waals surface area (Å²) in [6.45, 7) is 0. The molecule has 3 nitrogen and oxygen atoms in total. The van der Waals surface area contributed by atoms with E-state index >= 15 is 0 Å². The fourth-order valence-electron chi connectivity index (χ4n) is 3.22. The van der Waals surface area contributed by atoms with Crippen molar-refractivity contribution in [1.29, 1.82) is 0 Å². The van der Waals surface area contributed by atoms with Crippen molar-refractivity contribution in [2.24, 2.45) is 0 Å². The lowest BCUT2D eigenvalue weighted by molar-refractivity contribution is 0.104. The Labute approximate surface area is 120 Å². The van der Waals surface area contributed by atoms with Crippen LogP contribution >= 0.6 is 0 Å². The minimum Gasteiger partial charge on any atom is -0.311 e. The Morgan fingerprint density at radius 1 is 0.857 bits per heavy atom. The Bertz CT molecular complexity index is 1010. The van der Waals surface area contributed by atoms with Gasteiger partial charge in [-0.2, -0.15) is 0 Å². The van der Waals surface area contributed by atoms with Crippen molar-refractivity contribution >= 4 is 16.7 Å². The van der Waals surface area contributed by atoms with Crippen molar-refractivity contribution in [3.8, 4) is 16.9 Å². The molecular weight excluding hydrogens is 260 g/mol. The molecular formula is C18H10N2O. The van der Waals surface area contributed by atoms with E-state index in [-0.39, 0.29) is 5.78 Å². The number of nitrogens with zero attached hydrogens (tertiary/aromatic N) is 2. The van der Waals surface area contributed by atoms with Gasteiger partial charge < -0.3 is 4.57 Å². The van der Waals surface area contributed by atoms with Gasteiger partial charge in [-0.15, -0.1) is 0 Å². The first-order valence-electron chi connectivity index (χ1n) is 6.88. The van der Waals surface area contributed by atoms with Crippen molar-refractivity contribution < 1.29 is 4.79 Å². The third-order valence-electron chi connectivity index (χ3n) is 4.16. The number of carbonyl (C=O) groups is 1. The van der Waals surface area contributed by atoms with Crippen molar-refractivity contribution in [2.45, 2.75) is 0 Å². The summed E-state index contributed by atoms with van der Waals surface area (Å²) < 4.78 is 1.95. The highest BCUT2D eigenvalue weighted by atomic mass is 16.1. The Kier molecular flexibility index (Phi) is 1.84. The van der Waals surface area contributed by atoms with E-state index in [2.05, 4.69) is 4.98 Å². The number of fused-ring (bicyclic) bond motifs is 7. The smallest absolute Gasteiger partial charge is 0.214 e. The van der Waals surface area contributed by atoms with Gasteiger partial charge in [0.05, 0.1) is 16.9 Å². The molecule has 0 unspecified atom stereocenters. The normalized spacial score (nSPS) is 12.9. The van der Waals surface area contributed by atoms with E-state index in [1.54, 1.807) is 0 Å². The lowest BCUT2D eigenvalue weighted by Crippen LogP contribution is -2.03. The van der Waals surface area contributed by atoms with Gasteiger partial charge >= 0.3 is 0 Å². The Hall–Kier alpha value is -2.94. The number of ketones is 1. The van der Waals surface area contributed by atoms with Crippen LogP contribution in [0.2, 0.25) is 0 Å². The van der Waals surface area contributed by atoms with Crippen molar-refractivity contribution in [1.82, 2.24) is 9.55 Å². The average Bonchev–Trinajstić information content (AvgIpc) is 3.04. The number of benzene rings is 2. The molecule has 2 aromatic carbocycles. The average molecular weight is 270 g/mol. The first-order valence-corrected chi connectivity index (χ1v) is 6.88. The lowest BCUT2D eigenvalue weighted by Gasteiger charge is -2.08. The SMILES string of the molecule is O=C1c2ccccc2-n2ccc3c4ccccc4nc-3c21. The largest absolute Gasteiger partial charge is 0.311 e. The second-order valence-corrected chi connectivity index (χ2v) is 5.27. The zero-order valence-electron chi connectivity index (χ0n) is 11.1. The van der Waals surface area contributed by atoms with Crippen LogP contribution < -0.4 is 0 Å². The fourth-order valence-corrected chi connectivity index (χ4v) is 3.22. The van der Waals surface area contributed by atoms with Crippen LogP contribution in [0.3, 0.4) is 0 Å². The molecule has 0 saturated carbocycles. The molecule has 0 amide bonds. The third kappa shape index (κ3) is 1.23. The van der Waals surface area contributed by atoms with E-state index in [0.717, 1.165) is 33.4 Å². The zero-order chi connectivity index (χ0) is 14.0. The molecule has 2 aromatic rings. The molecule has 3 aliphatic rings. The number of pyridine rings is 1. The lowest BCUT2D eigenvalue weighted by atomic mass is 10.0. The molecule has 0 radical (unpaired) electrons. The topological polar surface area (TPSA) is 34.9 Å². The third-order valence-corrected chi connectivity index (χ3v) is 4.16. The molecule has 0 saturated heterocycles. The van der Waals surface area contributed by atoms with Gasteiger partial charge in [0.15, 0.2) is 0 Å². The van der Waals surface area contributed by atoms with Gasteiger partial charge in [-0.25, -0.2) is 4.98 Å². The zero-order valence-corrected chi connectivity index (χ0v) is 11.1. The van der Waals surface area contributed by atoms with Crippen molar-refractivity contribution in [3.05, 3.63) is 72.1 Å². The number of rotatable bonds is 0. The van der Waals surface area contributed by atoms with E-state index in [0.29, 0.717) is 5.69 Å². The van der Waals surface area contributed by atoms with Gasteiger partial charge in [0, 0.05) is 22.7 Å². The summed E-state index contributed by atoms with van der Waals surface area (Å²) in [6.07, 6.45) is 1.97. The predicted molar refractivity (Wildman–Crippen MR) is 81.1 cm³/mol. The van der Waals surface area contributed by atoms with E-state index in [1.807, 2.05) is 65.4 Å². The summed E-state index contributed by atoms with van der Waals surface area (Å²) in [4.78, 5) is 17.4. The van der Waals surface area contributed by atoms with Crippen LogP contribution in [0.4, 0.5) is 0 Å². The molecule has 0 atom stereocenters. The number of hydrogen-bond acceptors (Lipinski definition) is 2. The summed E-state index contributed by atoms with van der Waals surface area (Å²) in [6, 6.07) is 17.7. The maximum Gasteiger partial charge on any atom is 0.214 e. The van der Waals surface area contributed by atoms with Gasteiger partial charge in [0.25, 0.3) is 0 Å². The van der Waals surface area contributed by atoms with Crippen LogP contribution in [-0.4, -0.2) is 15.3 Å². The Balaban J connectivity index is 1.94. The summed E-state index contributed by atoms with van der Waals surface area (Å²) in [7, 11) is 0. The summed E-state index contributed by atoms with van der Waals surface area (Å²) in [5.41, 5.74) is 5.12. The summed E-state index contributed by atoms with van der Waals surface area (Å²) in [5, 5.41) is 1.10. The molecule has 0 aliphatic carbocycles. The number of aromatic nitrogens is 2. The van der Waals surface area contributed by atoms with Crippen LogP contribution in [0.1, 0.15) is 16.1 Å². The second kappa shape index (κ2) is 3.58. The maximum atomic E-state index is 12.7. The number of carbonyl (C=O) groups excluding carboxylic acids is 1. The molecule has 21 heavy (non-hydrogen) atoms. The van der Waals surface area contributed by atoms with Gasteiger partial charge in [-0.1, -0.05) is 30.3 Å². The Morgan fingerprint density at radius 2 is 1.67 bits per heavy atom. The van der Waals surface area contributed by atoms with Crippen LogP contribution in [-0.2, 0) is 0 Å². The second-order valence-electron chi connectivity index (χ2n) is 5.27. The molecule has 0 bridgehead atoms. The van der Waals surface area contributed by atoms with Crippen molar-refractivity contribution in [2.75, 3.05) is 0 Å². The van der Waals surface area contributed by atoms with Crippen LogP contribution in [0.25, 0.3) is 27.8 Å². The van der Waals surface area contributed by atoms with Gasteiger partial charge in [-0.3, -0.25) is 4.79 Å². The molecule has 3 aliphatic heterocycles. The van der Waals surface area contributed by atoms with E-state index in [9.17, 15) is 4.79 Å². The predicted octanol–water partition coefficient (Wildman–Crippen LogP) is 3.67.